The van der Waals surface area contributed by atoms with Crippen LogP contribution < -0.4 is 5.14 Å². The summed E-state index contributed by atoms with van der Waals surface area (Å²) in [6.07, 6.45) is -0.0853. The van der Waals surface area contributed by atoms with Gasteiger partial charge in [-0.1, -0.05) is 0 Å². The monoisotopic (exact) mass is 459 g/mol. The molecule has 1 atom stereocenters. The summed E-state index contributed by atoms with van der Waals surface area (Å²) in [6.45, 7) is 0. The van der Waals surface area contributed by atoms with E-state index in [1.54, 1.807) is 30.3 Å². The second-order valence-electron chi connectivity index (χ2n) is 6.73. The van der Waals surface area contributed by atoms with Gasteiger partial charge < -0.3 is 14.3 Å². The van der Waals surface area contributed by atoms with Crippen LogP contribution in [0.15, 0.2) is 57.8 Å². The third-order valence-electron chi connectivity index (χ3n) is 4.83. The fourth-order valence-electron chi connectivity index (χ4n) is 3.30. The van der Waals surface area contributed by atoms with Crippen molar-refractivity contribution in [3.8, 4) is 17.1 Å². The molecule has 0 fully saturated rings. The molecule has 4 aromatic rings. The number of rotatable bonds is 6. The van der Waals surface area contributed by atoms with Crippen LogP contribution in [0.5, 0.6) is 5.75 Å². The van der Waals surface area contributed by atoms with Gasteiger partial charge in [0.05, 0.1) is 36.1 Å². The van der Waals surface area contributed by atoms with Crippen LogP contribution in [0.25, 0.3) is 22.4 Å². The van der Waals surface area contributed by atoms with Gasteiger partial charge in [-0.25, -0.2) is 13.6 Å². The van der Waals surface area contributed by atoms with Gasteiger partial charge in [0, 0.05) is 11.1 Å². The molecule has 0 radical (unpaired) electrons. The highest BCUT2D eigenvalue weighted by Gasteiger charge is 2.28. The number of primary sulfonamides is 1. The van der Waals surface area contributed by atoms with Gasteiger partial charge >= 0.3 is 5.97 Å². The second kappa shape index (κ2) is 8.10. The van der Waals surface area contributed by atoms with Crippen LogP contribution in [0, 0.1) is 0 Å². The molecular formula is C20H17N3O6S2. The zero-order valence-electron chi connectivity index (χ0n) is 16.2. The third-order valence-corrected chi connectivity index (χ3v) is 6.30. The number of carbonyl (C=O) groups excluding carboxylic acids is 1. The largest absolute Gasteiger partial charge is 0.508 e. The van der Waals surface area contributed by atoms with E-state index in [-0.39, 0.29) is 17.1 Å². The number of ether oxygens (including phenoxy) is 1. The number of esters is 1. The maximum atomic E-state index is 12.1. The van der Waals surface area contributed by atoms with Crippen molar-refractivity contribution in [3.63, 3.8) is 0 Å². The standard InChI is InChI=1S/C20H17N3O6S2/c1-28-18(25)10-13(19-15(24)7-6-14-20(19)23-30-22-14)17-9-8-16(29-17)11-2-4-12(5-3-11)31(21,26)27/h2-9,13,24H,10H2,1H3,(H2,21,26,27). The zero-order chi connectivity index (χ0) is 22.2. The molecule has 3 N–H and O–H groups in total. The van der Waals surface area contributed by atoms with Gasteiger partial charge in [0.25, 0.3) is 0 Å². The molecule has 1 unspecified atom stereocenters. The molecular weight excluding hydrogens is 442 g/mol. The Morgan fingerprint density at radius 1 is 1.16 bits per heavy atom. The third kappa shape index (κ3) is 4.15. The summed E-state index contributed by atoms with van der Waals surface area (Å²) in [5.74, 6) is -0.331. The van der Waals surface area contributed by atoms with E-state index >= 15 is 0 Å². The number of phenols is 1. The highest BCUT2D eigenvalue weighted by atomic mass is 32.2. The molecule has 31 heavy (non-hydrogen) atoms. The van der Waals surface area contributed by atoms with Gasteiger partial charge in [0.1, 0.15) is 28.3 Å². The summed E-state index contributed by atoms with van der Waals surface area (Å²) in [6, 6.07) is 12.4. The van der Waals surface area contributed by atoms with Gasteiger partial charge in [-0.05, 0) is 48.5 Å². The molecule has 2 aromatic heterocycles. The smallest absolute Gasteiger partial charge is 0.306 e. The van der Waals surface area contributed by atoms with Crippen molar-refractivity contribution in [1.29, 1.82) is 0 Å². The number of phenolic OH excluding ortho intramolecular Hbond substituents is 1. The molecule has 0 saturated heterocycles. The molecule has 160 valence electrons. The number of hydrogen-bond donors (Lipinski definition) is 2. The number of aromatic hydroxyl groups is 1. The number of nitrogens with two attached hydrogens (primary N) is 1. The molecule has 9 nitrogen and oxygen atoms in total. The molecule has 11 heteroatoms. The first-order chi connectivity index (χ1) is 14.8. The van der Waals surface area contributed by atoms with Gasteiger partial charge in [0.15, 0.2) is 0 Å². The summed E-state index contributed by atoms with van der Waals surface area (Å²) >= 11 is 1.00. The minimum absolute atomic E-state index is 0.0146. The van der Waals surface area contributed by atoms with Gasteiger partial charge in [-0.2, -0.15) is 8.75 Å². The van der Waals surface area contributed by atoms with Crippen LogP contribution >= 0.6 is 11.7 Å². The number of hydrogen-bond acceptors (Lipinski definition) is 9. The molecule has 0 aliphatic carbocycles. The first kappa shape index (κ1) is 21.0. The highest BCUT2D eigenvalue weighted by Crippen LogP contribution is 2.40. The second-order valence-corrected chi connectivity index (χ2v) is 8.82. The maximum absolute atomic E-state index is 12.1. The van der Waals surface area contributed by atoms with Crippen molar-refractivity contribution < 1.29 is 27.5 Å². The minimum atomic E-state index is -3.80. The average molecular weight is 460 g/mol. The van der Waals surface area contributed by atoms with Gasteiger partial charge in [-0.15, -0.1) is 0 Å². The summed E-state index contributed by atoms with van der Waals surface area (Å²) in [5, 5.41) is 15.7. The average Bonchev–Trinajstić information content (AvgIpc) is 3.41. The molecule has 2 aromatic carbocycles. The lowest BCUT2D eigenvalue weighted by Gasteiger charge is -2.16. The van der Waals surface area contributed by atoms with E-state index in [0.29, 0.717) is 33.7 Å². The summed E-state index contributed by atoms with van der Waals surface area (Å²) in [5.41, 5.74) is 2.11. The Morgan fingerprint density at radius 2 is 1.90 bits per heavy atom. The summed E-state index contributed by atoms with van der Waals surface area (Å²) in [7, 11) is -2.52. The van der Waals surface area contributed by atoms with Gasteiger partial charge in [-0.3, -0.25) is 4.79 Å². The number of aromatic nitrogens is 2. The van der Waals surface area contributed by atoms with E-state index in [9.17, 15) is 18.3 Å². The van der Waals surface area contributed by atoms with Crippen molar-refractivity contribution >= 4 is 38.8 Å². The van der Waals surface area contributed by atoms with Gasteiger partial charge in [0.2, 0.25) is 10.0 Å². The Kier molecular flexibility index (Phi) is 5.48. The van der Waals surface area contributed by atoms with Crippen molar-refractivity contribution in [2.24, 2.45) is 5.14 Å². The Labute approximate surface area is 181 Å². The van der Waals surface area contributed by atoms with Crippen molar-refractivity contribution in [2.75, 3.05) is 7.11 Å². The Bertz CT molecular complexity index is 1360. The Morgan fingerprint density at radius 3 is 2.58 bits per heavy atom. The quantitative estimate of drug-likeness (QED) is 0.419. The van der Waals surface area contributed by atoms with Crippen molar-refractivity contribution in [1.82, 2.24) is 8.75 Å². The molecule has 0 amide bonds. The Hall–Kier alpha value is -3.28. The number of fused-ring (bicyclic) bond motifs is 1. The maximum Gasteiger partial charge on any atom is 0.306 e. The first-order valence-electron chi connectivity index (χ1n) is 9.02. The summed E-state index contributed by atoms with van der Waals surface area (Å²) < 4.78 is 42.2. The minimum Gasteiger partial charge on any atom is -0.508 e. The van der Waals surface area contributed by atoms with E-state index in [1.165, 1.54) is 25.3 Å². The SMILES string of the molecule is COC(=O)CC(c1ccc(-c2ccc(S(N)(=O)=O)cc2)o1)c1c(O)ccc2nsnc12. The number of nitrogens with zero attached hydrogens (tertiary/aromatic N) is 2. The predicted molar refractivity (Wildman–Crippen MR) is 113 cm³/mol. The lowest BCUT2D eigenvalue weighted by Crippen LogP contribution is -2.11. The molecule has 4 rings (SSSR count). The van der Waals surface area contributed by atoms with E-state index in [4.69, 9.17) is 14.3 Å². The lowest BCUT2D eigenvalue weighted by atomic mass is 9.91. The van der Waals surface area contributed by atoms with Crippen LogP contribution in [0.3, 0.4) is 0 Å². The molecule has 2 heterocycles. The van der Waals surface area contributed by atoms with E-state index in [0.717, 1.165) is 11.7 Å². The zero-order valence-corrected chi connectivity index (χ0v) is 17.8. The number of furan rings is 1. The fraction of sp³-hybridized carbons (Fsp3) is 0.150. The number of benzene rings is 2. The Balaban J connectivity index is 1.77. The molecule has 0 bridgehead atoms. The van der Waals surface area contributed by atoms with E-state index in [1.807, 2.05) is 0 Å². The van der Waals surface area contributed by atoms with Crippen molar-refractivity contribution in [3.05, 3.63) is 59.9 Å². The highest BCUT2D eigenvalue weighted by molar-refractivity contribution is 7.89. The molecule has 0 aliphatic rings. The van der Waals surface area contributed by atoms with E-state index < -0.39 is 21.9 Å². The summed E-state index contributed by atoms with van der Waals surface area (Å²) in [4.78, 5) is 12.1. The number of carbonyl (C=O) groups is 1. The first-order valence-corrected chi connectivity index (χ1v) is 11.3. The van der Waals surface area contributed by atoms with Crippen LogP contribution in [-0.2, 0) is 19.6 Å². The fourth-order valence-corrected chi connectivity index (χ4v) is 4.37. The predicted octanol–water partition coefficient (Wildman–Crippen LogP) is 3.00. The van der Waals surface area contributed by atoms with Crippen LogP contribution in [-0.4, -0.2) is 35.4 Å². The molecule has 0 aliphatic heterocycles. The topological polar surface area (TPSA) is 146 Å². The lowest BCUT2D eigenvalue weighted by molar-refractivity contribution is -0.140. The molecule has 0 spiro atoms. The van der Waals surface area contributed by atoms with Crippen LogP contribution in [0.4, 0.5) is 0 Å². The number of methoxy groups -OCH3 is 1. The van der Waals surface area contributed by atoms with E-state index in [2.05, 4.69) is 8.75 Å². The molecule has 0 saturated carbocycles. The van der Waals surface area contributed by atoms with Crippen LogP contribution in [0.2, 0.25) is 0 Å². The van der Waals surface area contributed by atoms with Crippen LogP contribution in [0.1, 0.15) is 23.7 Å². The number of sulfonamides is 1. The van der Waals surface area contributed by atoms with Crippen molar-refractivity contribution in [2.45, 2.75) is 17.2 Å². The normalized spacial score (nSPS) is 12.7.